The first-order chi connectivity index (χ1) is 10.2. The van der Waals surface area contributed by atoms with Gasteiger partial charge >= 0.3 is 5.97 Å². The van der Waals surface area contributed by atoms with Gasteiger partial charge in [0.05, 0.1) is 26.9 Å². The molecule has 0 spiro atoms. The van der Waals surface area contributed by atoms with Gasteiger partial charge in [0, 0.05) is 24.2 Å². The number of aliphatic carboxylic acids is 1. The van der Waals surface area contributed by atoms with Crippen LogP contribution in [0.25, 0.3) is 6.08 Å². The quantitative estimate of drug-likeness (QED) is 0.781. The number of ether oxygens (including phenoxy) is 3. The molecule has 1 unspecified atom stereocenters. The van der Waals surface area contributed by atoms with Gasteiger partial charge in [-0.15, -0.1) is 0 Å². The maximum absolute atomic E-state index is 10.6. The molecule has 0 amide bonds. The summed E-state index contributed by atoms with van der Waals surface area (Å²) in [4.78, 5) is 10.6. The average Bonchev–Trinajstić information content (AvgIpc) is 2.98. The van der Waals surface area contributed by atoms with Crippen molar-refractivity contribution in [3.05, 3.63) is 35.4 Å². The van der Waals surface area contributed by atoms with E-state index < -0.39 is 5.97 Å². The second kappa shape index (κ2) is 7.81. The summed E-state index contributed by atoms with van der Waals surface area (Å²) >= 11 is 0. The van der Waals surface area contributed by atoms with Gasteiger partial charge in [0.15, 0.2) is 0 Å². The lowest BCUT2D eigenvalue weighted by Crippen LogP contribution is -2.09. The van der Waals surface area contributed by atoms with Gasteiger partial charge in [0.25, 0.3) is 0 Å². The molecule has 1 aromatic rings. The molecule has 1 saturated heterocycles. The van der Waals surface area contributed by atoms with Crippen LogP contribution in [0, 0.1) is 5.92 Å². The first-order valence-corrected chi connectivity index (χ1v) is 6.92. The zero-order chi connectivity index (χ0) is 15.1. The van der Waals surface area contributed by atoms with Crippen molar-refractivity contribution in [2.45, 2.75) is 13.0 Å². The van der Waals surface area contributed by atoms with E-state index in [2.05, 4.69) is 0 Å². The van der Waals surface area contributed by atoms with Crippen molar-refractivity contribution in [1.29, 1.82) is 0 Å². The van der Waals surface area contributed by atoms with Gasteiger partial charge < -0.3 is 19.3 Å². The van der Waals surface area contributed by atoms with Gasteiger partial charge in [-0.05, 0) is 30.2 Å². The minimum absolute atomic E-state index is 0.481. The topological polar surface area (TPSA) is 65.0 Å². The fraction of sp³-hybridized carbons (Fsp3) is 0.438. The third kappa shape index (κ3) is 4.88. The summed E-state index contributed by atoms with van der Waals surface area (Å²) < 4.78 is 16.2. The Morgan fingerprint density at radius 1 is 1.52 bits per heavy atom. The first-order valence-electron chi connectivity index (χ1n) is 6.92. The van der Waals surface area contributed by atoms with Crippen LogP contribution < -0.4 is 4.74 Å². The van der Waals surface area contributed by atoms with Crippen LogP contribution in [0.1, 0.15) is 17.5 Å². The Bertz CT molecular complexity index is 503. The summed E-state index contributed by atoms with van der Waals surface area (Å²) in [6.07, 6.45) is 3.67. The predicted molar refractivity (Wildman–Crippen MR) is 78.2 cm³/mol. The Hall–Kier alpha value is -1.85. The minimum atomic E-state index is -0.986. The molecule has 2 rings (SSSR count). The largest absolute Gasteiger partial charge is 0.496 e. The molecule has 1 atom stereocenters. The van der Waals surface area contributed by atoms with Crippen molar-refractivity contribution in [1.82, 2.24) is 0 Å². The highest BCUT2D eigenvalue weighted by Gasteiger charge is 2.15. The summed E-state index contributed by atoms with van der Waals surface area (Å²) in [5.41, 5.74) is 1.71. The van der Waals surface area contributed by atoms with E-state index in [-0.39, 0.29) is 0 Å². The van der Waals surface area contributed by atoms with Crippen LogP contribution >= 0.6 is 0 Å². The van der Waals surface area contributed by atoms with Crippen molar-refractivity contribution < 1.29 is 24.1 Å². The molecule has 1 N–H and O–H groups in total. The fourth-order valence-electron chi connectivity index (χ4n) is 2.22. The van der Waals surface area contributed by atoms with Crippen molar-refractivity contribution in [2.24, 2.45) is 5.92 Å². The van der Waals surface area contributed by atoms with E-state index >= 15 is 0 Å². The van der Waals surface area contributed by atoms with Gasteiger partial charge in [-0.25, -0.2) is 4.79 Å². The van der Waals surface area contributed by atoms with Crippen LogP contribution in [0.5, 0.6) is 5.75 Å². The lowest BCUT2D eigenvalue weighted by Gasteiger charge is -2.11. The lowest BCUT2D eigenvalue weighted by molar-refractivity contribution is -0.131. The maximum atomic E-state index is 10.6. The number of hydrogen-bond acceptors (Lipinski definition) is 4. The fourth-order valence-corrected chi connectivity index (χ4v) is 2.22. The molecule has 1 aliphatic rings. The Balaban J connectivity index is 1.95. The molecule has 5 nitrogen and oxygen atoms in total. The van der Waals surface area contributed by atoms with Crippen LogP contribution in [-0.2, 0) is 20.9 Å². The van der Waals surface area contributed by atoms with Crippen molar-refractivity contribution in [3.63, 3.8) is 0 Å². The summed E-state index contributed by atoms with van der Waals surface area (Å²) in [6, 6.07) is 5.62. The van der Waals surface area contributed by atoms with E-state index in [0.29, 0.717) is 24.9 Å². The molecule has 1 aromatic carbocycles. The normalized spacial score (nSPS) is 18.2. The van der Waals surface area contributed by atoms with Crippen molar-refractivity contribution in [3.8, 4) is 5.75 Å². The standard InChI is InChI=1S/C16H20O5/c1-19-15-4-2-12(8-14(15)3-5-16(17)18)9-21-11-13-6-7-20-10-13/h2-5,8,13H,6-7,9-11H2,1H3,(H,17,18). The Kier molecular flexibility index (Phi) is 5.78. The smallest absolute Gasteiger partial charge is 0.328 e. The molecule has 0 bridgehead atoms. The third-order valence-electron chi connectivity index (χ3n) is 3.35. The summed E-state index contributed by atoms with van der Waals surface area (Å²) in [5, 5.41) is 8.71. The van der Waals surface area contributed by atoms with Crippen LogP contribution in [0.2, 0.25) is 0 Å². The molecule has 0 radical (unpaired) electrons. The zero-order valence-corrected chi connectivity index (χ0v) is 12.1. The van der Waals surface area contributed by atoms with E-state index in [9.17, 15) is 4.79 Å². The van der Waals surface area contributed by atoms with Crippen LogP contribution in [0.4, 0.5) is 0 Å². The highest BCUT2D eigenvalue weighted by atomic mass is 16.5. The van der Waals surface area contributed by atoms with E-state index in [4.69, 9.17) is 19.3 Å². The summed E-state index contributed by atoms with van der Waals surface area (Å²) in [6.45, 7) is 2.77. The van der Waals surface area contributed by atoms with E-state index in [0.717, 1.165) is 36.8 Å². The molecule has 5 heteroatoms. The van der Waals surface area contributed by atoms with Gasteiger partial charge in [0.1, 0.15) is 5.75 Å². The minimum Gasteiger partial charge on any atom is -0.496 e. The maximum Gasteiger partial charge on any atom is 0.328 e. The number of carboxylic acids is 1. The molecule has 0 aromatic heterocycles. The van der Waals surface area contributed by atoms with Gasteiger partial charge in [-0.3, -0.25) is 0 Å². The molecule has 1 heterocycles. The van der Waals surface area contributed by atoms with Crippen LogP contribution in [0.3, 0.4) is 0 Å². The molecule has 1 aliphatic heterocycles. The number of carboxylic acid groups (broad SMARTS) is 1. The van der Waals surface area contributed by atoms with Crippen molar-refractivity contribution >= 4 is 12.0 Å². The van der Waals surface area contributed by atoms with Crippen molar-refractivity contribution in [2.75, 3.05) is 26.9 Å². The highest BCUT2D eigenvalue weighted by Crippen LogP contribution is 2.22. The highest BCUT2D eigenvalue weighted by molar-refractivity contribution is 5.85. The Morgan fingerprint density at radius 3 is 3.05 bits per heavy atom. The first kappa shape index (κ1) is 15.5. The zero-order valence-electron chi connectivity index (χ0n) is 12.1. The number of rotatable bonds is 7. The number of carbonyl (C=O) groups is 1. The Labute approximate surface area is 124 Å². The van der Waals surface area contributed by atoms with E-state index in [1.807, 2.05) is 18.2 Å². The second-order valence-electron chi connectivity index (χ2n) is 4.99. The molecule has 0 saturated carbocycles. The second-order valence-corrected chi connectivity index (χ2v) is 4.99. The van der Waals surface area contributed by atoms with Gasteiger partial charge in [-0.1, -0.05) is 6.07 Å². The lowest BCUT2D eigenvalue weighted by atomic mass is 10.1. The van der Waals surface area contributed by atoms with Crippen LogP contribution in [0.15, 0.2) is 24.3 Å². The SMILES string of the molecule is COc1ccc(COCC2CCOC2)cc1C=CC(=O)O. The van der Waals surface area contributed by atoms with Gasteiger partial charge in [-0.2, -0.15) is 0 Å². The van der Waals surface area contributed by atoms with E-state index in [1.165, 1.54) is 6.08 Å². The van der Waals surface area contributed by atoms with Gasteiger partial charge in [0.2, 0.25) is 0 Å². The predicted octanol–water partition coefficient (Wildman–Crippen LogP) is 2.35. The Morgan fingerprint density at radius 2 is 2.38 bits per heavy atom. The van der Waals surface area contributed by atoms with Crippen LogP contribution in [-0.4, -0.2) is 38.0 Å². The number of benzene rings is 1. The third-order valence-corrected chi connectivity index (χ3v) is 3.35. The summed E-state index contributed by atoms with van der Waals surface area (Å²) in [7, 11) is 1.56. The average molecular weight is 292 g/mol. The molecule has 1 fully saturated rings. The number of methoxy groups -OCH3 is 1. The number of hydrogen-bond donors (Lipinski definition) is 1. The molecular formula is C16H20O5. The molecule has 0 aliphatic carbocycles. The molecular weight excluding hydrogens is 272 g/mol. The summed E-state index contributed by atoms with van der Waals surface area (Å²) in [5.74, 6) is 0.134. The molecule has 114 valence electrons. The van der Waals surface area contributed by atoms with E-state index in [1.54, 1.807) is 7.11 Å². The monoisotopic (exact) mass is 292 g/mol. The molecule has 21 heavy (non-hydrogen) atoms.